The summed E-state index contributed by atoms with van der Waals surface area (Å²) in [6, 6.07) is 14.5. The Morgan fingerprint density at radius 1 is 0.726 bits per heavy atom. The van der Waals surface area contributed by atoms with E-state index in [1.165, 1.54) is 12.5 Å². The number of hydrogen-bond acceptors (Lipinski definition) is 13. The fraction of sp³-hybridized carbons (Fsp3) is 0.325. The Morgan fingerprint density at radius 2 is 1.24 bits per heavy atom. The lowest BCUT2D eigenvalue weighted by Crippen LogP contribution is -2.56. The van der Waals surface area contributed by atoms with Gasteiger partial charge in [-0.3, -0.25) is 24.1 Å². The maximum absolute atomic E-state index is 12.3. The smallest absolute Gasteiger partial charge is 0.222 e. The SMILES string of the molecule is CS(=O)(=O)c1nn(Cc2nc3cc(Cl)ccc3n2C2CNC(=O)C2)c2cnccc12.CS(=O)(=O)c1nn(Cc2nc3cc(Cl)ccc3n2C2CNC3(COC3)C2)c2cnccc12. The number of ether oxygens (including phenoxy) is 1. The lowest BCUT2D eigenvalue weighted by Gasteiger charge is -2.38. The maximum Gasteiger partial charge on any atom is 0.222 e. The highest BCUT2D eigenvalue weighted by Crippen LogP contribution is 2.37. The fourth-order valence-corrected chi connectivity index (χ4v) is 10.7. The van der Waals surface area contributed by atoms with E-state index >= 15 is 0 Å². The predicted molar refractivity (Wildman–Crippen MR) is 231 cm³/mol. The number of fused-ring (bicyclic) bond motifs is 4. The van der Waals surface area contributed by atoms with Crippen LogP contribution in [-0.4, -0.2) is 116 Å². The van der Waals surface area contributed by atoms with Gasteiger partial charge in [0, 0.05) is 71.3 Å². The van der Waals surface area contributed by atoms with E-state index in [2.05, 4.69) is 35.4 Å². The van der Waals surface area contributed by atoms with Gasteiger partial charge in [-0.05, 0) is 55.0 Å². The number of rotatable bonds is 8. The van der Waals surface area contributed by atoms with Crippen LogP contribution in [0.15, 0.2) is 83.4 Å². The second kappa shape index (κ2) is 15.1. The lowest BCUT2D eigenvalue weighted by molar-refractivity contribution is -0.119. The molecule has 1 amide bonds. The van der Waals surface area contributed by atoms with Crippen LogP contribution in [0.4, 0.5) is 0 Å². The average molecular weight is 918 g/mol. The molecule has 2 atom stereocenters. The van der Waals surface area contributed by atoms with Crippen molar-refractivity contribution in [3.05, 3.63) is 95.0 Å². The van der Waals surface area contributed by atoms with E-state index in [9.17, 15) is 21.6 Å². The van der Waals surface area contributed by atoms with Crippen molar-refractivity contribution in [2.45, 2.75) is 53.6 Å². The van der Waals surface area contributed by atoms with Gasteiger partial charge in [0.1, 0.15) is 11.6 Å². The molecule has 62 heavy (non-hydrogen) atoms. The number of sulfone groups is 2. The fourth-order valence-electron chi connectivity index (χ4n) is 8.77. The van der Waals surface area contributed by atoms with Crippen molar-refractivity contribution in [3.63, 3.8) is 0 Å². The highest BCUT2D eigenvalue weighted by molar-refractivity contribution is 7.91. The number of nitrogens with zero attached hydrogens (tertiary/aromatic N) is 10. The van der Waals surface area contributed by atoms with E-state index < -0.39 is 19.7 Å². The van der Waals surface area contributed by atoms with Crippen LogP contribution in [0, 0.1) is 0 Å². The molecule has 22 heteroatoms. The number of carbonyl (C=O) groups is 1. The summed E-state index contributed by atoms with van der Waals surface area (Å²) in [4.78, 5) is 29.7. The summed E-state index contributed by atoms with van der Waals surface area (Å²) in [6.45, 7) is 3.25. The van der Waals surface area contributed by atoms with Crippen LogP contribution in [0.2, 0.25) is 10.0 Å². The molecular weight excluding hydrogens is 880 g/mol. The molecule has 11 rings (SSSR count). The second-order valence-electron chi connectivity index (χ2n) is 16.0. The van der Waals surface area contributed by atoms with Crippen LogP contribution in [0.5, 0.6) is 0 Å². The van der Waals surface area contributed by atoms with Gasteiger partial charge in [-0.2, -0.15) is 10.2 Å². The minimum atomic E-state index is -3.52. The quantitative estimate of drug-likeness (QED) is 0.220. The zero-order valence-electron chi connectivity index (χ0n) is 33.2. The highest BCUT2D eigenvalue weighted by atomic mass is 35.5. The van der Waals surface area contributed by atoms with Crippen molar-refractivity contribution in [1.82, 2.24) is 59.3 Å². The summed E-state index contributed by atoms with van der Waals surface area (Å²) >= 11 is 12.4. The van der Waals surface area contributed by atoms with E-state index in [4.69, 9.17) is 37.9 Å². The third-order valence-electron chi connectivity index (χ3n) is 11.6. The molecule has 3 saturated heterocycles. The Kier molecular flexibility index (Phi) is 9.87. The Hall–Kier alpha value is -5.51. The van der Waals surface area contributed by atoms with Gasteiger partial charge >= 0.3 is 0 Å². The first-order chi connectivity index (χ1) is 29.6. The molecule has 3 aliphatic heterocycles. The summed E-state index contributed by atoms with van der Waals surface area (Å²) in [7, 11) is -7.02. The van der Waals surface area contributed by atoms with Crippen molar-refractivity contribution in [2.24, 2.45) is 0 Å². The molecule has 1 spiro atoms. The molecule has 18 nitrogen and oxygen atoms in total. The third kappa shape index (κ3) is 7.27. The van der Waals surface area contributed by atoms with E-state index in [1.54, 1.807) is 52.2 Å². The lowest BCUT2D eigenvalue weighted by atomic mass is 9.94. The van der Waals surface area contributed by atoms with Gasteiger partial charge in [0.05, 0.1) is 83.4 Å². The van der Waals surface area contributed by atoms with Crippen molar-refractivity contribution < 1.29 is 26.4 Å². The van der Waals surface area contributed by atoms with E-state index in [0.29, 0.717) is 75.9 Å². The van der Waals surface area contributed by atoms with Crippen molar-refractivity contribution in [1.29, 1.82) is 0 Å². The number of imidazole rings is 2. The zero-order chi connectivity index (χ0) is 43.1. The first-order valence-corrected chi connectivity index (χ1v) is 24.1. The second-order valence-corrected chi connectivity index (χ2v) is 20.7. The van der Waals surface area contributed by atoms with Crippen LogP contribution in [0.3, 0.4) is 0 Å². The molecule has 2 N–H and O–H groups in total. The van der Waals surface area contributed by atoms with Gasteiger partial charge in [-0.25, -0.2) is 26.8 Å². The van der Waals surface area contributed by atoms with Gasteiger partial charge in [-0.15, -0.1) is 0 Å². The van der Waals surface area contributed by atoms with E-state index in [1.807, 2.05) is 28.8 Å². The summed E-state index contributed by atoms with van der Waals surface area (Å²) < 4.78 is 62.1. The van der Waals surface area contributed by atoms with Crippen molar-refractivity contribution >= 4 is 92.7 Å². The summed E-state index contributed by atoms with van der Waals surface area (Å²) in [5.74, 6) is 1.43. The average Bonchev–Trinajstić information content (AvgIpc) is 4.07. The number of amides is 1. The monoisotopic (exact) mass is 916 g/mol. The maximum atomic E-state index is 12.3. The molecule has 3 fully saturated rings. The molecule has 6 aromatic heterocycles. The van der Waals surface area contributed by atoms with Gasteiger partial charge < -0.3 is 24.5 Å². The molecule has 2 unspecified atom stereocenters. The summed E-state index contributed by atoms with van der Waals surface area (Å²) in [6.07, 6.45) is 9.91. The van der Waals surface area contributed by atoms with Gasteiger partial charge in [0.15, 0.2) is 29.7 Å². The summed E-state index contributed by atoms with van der Waals surface area (Å²) in [5.41, 5.74) is 4.62. The number of pyridine rings is 2. The molecular formula is C40H38Cl2N12O6S2. The van der Waals surface area contributed by atoms with Crippen LogP contribution < -0.4 is 10.6 Å². The predicted octanol–water partition coefficient (Wildman–Crippen LogP) is 4.14. The molecule has 0 saturated carbocycles. The number of benzene rings is 2. The number of carbonyl (C=O) groups excluding carboxylic acids is 1. The van der Waals surface area contributed by atoms with Crippen LogP contribution in [0.1, 0.15) is 36.6 Å². The zero-order valence-corrected chi connectivity index (χ0v) is 36.4. The van der Waals surface area contributed by atoms with E-state index in [-0.39, 0.29) is 40.1 Å². The first-order valence-electron chi connectivity index (χ1n) is 19.6. The standard InChI is InChI=1S/C21H21ClN6O3S.C19H17ClN6O3S/c1-32(29,30)20-15-4-5-23-9-18(15)27(26-20)10-19-25-16-6-13(22)2-3-17(16)28(19)14-7-21(24-8-14)11-31-12-21;1-30(28,29)19-13-4-5-21-9-16(13)25(24-19)10-17-23-14-6-11(20)2-3-15(14)26(17)12-7-18(27)22-8-12/h2-6,9,14,24H,7-8,10-12H2,1H3;2-6,9,12H,7-8,10H2,1H3,(H,22,27). The molecule has 9 heterocycles. The van der Waals surface area contributed by atoms with Crippen molar-refractivity contribution in [2.75, 3.05) is 38.8 Å². The third-order valence-corrected chi connectivity index (χ3v) is 14.0. The Morgan fingerprint density at radius 3 is 1.68 bits per heavy atom. The van der Waals surface area contributed by atoms with Gasteiger partial charge in [-0.1, -0.05) is 23.2 Å². The molecule has 8 aromatic rings. The molecule has 0 bridgehead atoms. The van der Waals surface area contributed by atoms with Crippen LogP contribution in [0.25, 0.3) is 43.9 Å². The number of nitrogens with one attached hydrogen (secondary N) is 2. The molecule has 3 aliphatic rings. The Bertz CT molecular complexity index is 3340. The largest absolute Gasteiger partial charge is 0.377 e. The van der Waals surface area contributed by atoms with Crippen LogP contribution in [-0.2, 0) is 42.3 Å². The van der Waals surface area contributed by atoms with Crippen molar-refractivity contribution in [3.8, 4) is 0 Å². The number of aromatic nitrogens is 10. The molecule has 2 aromatic carbocycles. The Labute approximate surface area is 364 Å². The van der Waals surface area contributed by atoms with E-state index in [0.717, 1.165) is 41.6 Å². The molecule has 320 valence electrons. The number of halogens is 2. The Balaban J connectivity index is 0.000000148. The molecule has 0 radical (unpaired) electrons. The minimum absolute atomic E-state index is 0.00307. The topological polar surface area (TPSA) is 216 Å². The molecule has 0 aliphatic carbocycles. The summed E-state index contributed by atoms with van der Waals surface area (Å²) in [5, 5.41) is 17.6. The van der Waals surface area contributed by atoms with Crippen LogP contribution >= 0.6 is 23.2 Å². The normalized spacial score (nSPS) is 18.8. The van der Waals surface area contributed by atoms with Gasteiger partial charge in [0.25, 0.3) is 0 Å². The first kappa shape index (κ1) is 40.6. The highest BCUT2D eigenvalue weighted by Gasteiger charge is 2.46. The minimum Gasteiger partial charge on any atom is -0.377 e. The number of hydrogen-bond donors (Lipinski definition) is 2. The van der Waals surface area contributed by atoms with Gasteiger partial charge in [0.2, 0.25) is 5.91 Å².